The Kier molecular flexibility index (Phi) is 3.93. The van der Waals surface area contributed by atoms with Crippen LogP contribution in [0.2, 0.25) is 0 Å². The zero-order valence-corrected chi connectivity index (χ0v) is 12.6. The Hall–Kier alpha value is -1.38. The van der Waals surface area contributed by atoms with E-state index in [1.807, 2.05) is 5.38 Å². The van der Waals surface area contributed by atoms with Crippen molar-refractivity contribution in [3.05, 3.63) is 28.2 Å². The van der Waals surface area contributed by atoms with Gasteiger partial charge in [-0.3, -0.25) is 9.40 Å². The number of anilines is 1. The van der Waals surface area contributed by atoms with Crippen LogP contribution in [0, 0.1) is 6.92 Å². The molecule has 0 atom stereocenters. The topological polar surface area (TPSA) is 76.0 Å². The van der Waals surface area contributed by atoms with E-state index in [2.05, 4.69) is 15.1 Å². The van der Waals surface area contributed by atoms with Crippen LogP contribution in [0.4, 0.5) is 5.69 Å². The first-order chi connectivity index (χ1) is 8.94. The number of thiophene rings is 1. The van der Waals surface area contributed by atoms with E-state index in [9.17, 15) is 8.42 Å². The van der Waals surface area contributed by atoms with Crippen molar-refractivity contribution in [1.82, 2.24) is 15.1 Å². The molecule has 0 spiro atoms. The van der Waals surface area contributed by atoms with Crippen molar-refractivity contribution in [1.29, 1.82) is 0 Å². The predicted molar refractivity (Wildman–Crippen MR) is 75.8 cm³/mol. The Labute approximate surface area is 116 Å². The highest BCUT2D eigenvalue weighted by atomic mass is 32.2. The van der Waals surface area contributed by atoms with E-state index in [0.29, 0.717) is 17.1 Å². The lowest BCUT2D eigenvalue weighted by Crippen LogP contribution is -2.16. The van der Waals surface area contributed by atoms with Crippen LogP contribution in [-0.4, -0.2) is 25.2 Å². The average molecular weight is 300 g/mol. The molecule has 104 valence electrons. The van der Waals surface area contributed by atoms with Crippen molar-refractivity contribution >= 4 is 27.0 Å². The minimum absolute atomic E-state index is 0.357. The molecule has 2 rings (SSSR count). The minimum atomic E-state index is -3.57. The molecule has 0 bridgehead atoms. The van der Waals surface area contributed by atoms with Gasteiger partial charge in [-0.25, -0.2) is 8.42 Å². The lowest BCUT2D eigenvalue weighted by molar-refractivity contribution is 0.599. The number of sulfonamides is 1. The van der Waals surface area contributed by atoms with Gasteiger partial charge in [0.1, 0.15) is 4.90 Å². The Morgan fingerprint density at radius 1 is 1.47 bits per heavy atom. The van der Waals surface area contributed by atoms with Crippen molar-refractivity contribution in [2.75, 3.05) is 11.8 Å². The fourth-order valence-corrected chi connectivity index (χ4v) is 4.66. The van der Waals surface area contributed by atoms with Crippen LogP contribution < -0.4 is 10.0 Å². The van der Waals surface area contributed by atoms with Gasteiger partial charge in [-0.05, 0) is 24.9 Å². The van der Waals surface area contributed by atoms with Gasteiger partial charge in [0.15, 0.2) is 0 Å². The zero-order valence-electron chi connectivity index (χ0n) is 11.0. The van der Waals surface area contributed by atoms with Gasteiger partial charge in [-0.15, -0.1) is 11.3 Å². The first-order valence-electron chi connectivity index (χ1n) is 5.67. The summed E-state index contributed by atoms with van der Waals surface area (Å²) in [6.45, 7) is 2.33. The minimum Gasteiger partial charge on any atom is -0.315 e. The number of hydrogen-bond donors (Lipinski definition) is 2. The molecule has 0 amide bonds. The second-order valence-electron chi connectivity index (χ2n) is 4.21. The molecule has 0 aliphatic carbocycles. The molecule has 0 saturated heterocycles. The smallest absolute Gasteiger partial charge is 0.263 e. The summed E-state index contributed by atoms with van der Waals surface area (Å²) in [7, 11) is -0.0453. The van der Waals surface area contributed by atoms with Crippen molar-refractivity contribution in [3.8, 4) is 0 Å². The van der Waals surface area contributed by atoms with Gasteiger partial charge in [-0.2, -0.15) is 5.10 Å². The number of rotatable bonds is 5. The summed E-state index contributed by atoms with van der Waals surface area (Å²) < 4.78 is 28.9. The van der Waals surface area contributed by atoms with Gasteiger partial charge in [0, 0.05) is 24.7 Å². The van der Waals surface area contributed by atoms with Crippen molar-refractivity contribution in [2.24, 2.45) is 7.05 Å². The molecule has 2 N–H and O–H groups in total. The molecule has 0 aromatic carbocycles. The van der Waals surface area contributed by atoms with Crippen LogP contribution in [0.1, 0.15) is 10.4 Å². The largest absolute Gasteiger partial charge is 0.315 e. The Morgan fingerprint density at radius 3 is 2.79 bits per heavy atom. The summed E-state index contributed by atoms with van der Waals surface area (Å²) in [6, 6.07) is 0. The summed E-state index contributed by atoms with van der Waals surface area (Å²) in [4.78, 5) is 1.16. The fraction of sp³-hybridized carbons (Fsp3) is 0.364. The number of aromatic nitrogens is 2. The van der Waals surface area contributed by atoms with Gasteiger partial charge in [0.05, 0.1) is 11.9 Å². The van der Waals surface area contributed by atoms with E-state index in [-0.39, 0.29) is 0 Å². The van der Waals surface area contributed by atoms with Crippen molar-refractivity contribution < 1.29 is 8.42 Å². The Morgan fingerprint density at radius 2 is 2.21 bits per heavy atom. The maximum atomic E-state index is 12.4. The molecule has 0 fully saturated rings. The third-order valence-corrected chi connectivity index (χ3v) is 5.40. The quantitative estimate of drug-likeness (QED) is 0.873. The van der Waals surface area contributed by atoms with Crippen LogP contribution in [0.3, 0.4) is 0 Å². The SMILES string of the molecule is CNCc1scc(C)c1S(=O)(=O)Nc1cnn(C)c1. The Balaban J connectivity index is 2.36. The summed E-state index contributed by atoms with van der Waals surface area (Å²) in [5.74, 6) is 0. The van der Waals surface area contributed by atoms with Crippen LogP contribution in [0.25, 0.3) is 0 Å². The van der Waals surface area contributed by atoms with Gasteiger partial charge in [0.2, 0.25) is 0 Å². The molecule has 0 unspecified atom stereocenters. The van der Waals surface area contributed by atoms with Crippen molar-refractivity contribution in [2.45, 2.75) is 18.4 Å². The summed E-state index contributed by atoms with van der Waals surface area (Å²) in [5.41, 5.74) is 1.22. The molecule has 0 saturated carbocycles. The van der Waals surface area contributed by atoms with Gasteiger partial charge >= 0.3 is 0 Å². The normalized spacial score (nSPS) is 11.7. The number of nitrogens with one attached hydrogen (secondary N) is 2. The first kappa shape index (κ1) is 14.0. The van der Waals surface area contributed by atoms with Gasteiger partial charge in [-0.1, -0.05) is 0 Å². The molecule has 2 aromatic heterocycles. The third-order valence-electron chi connectivity index (χ3n) is 2.55. The molecule has 0 radical (unpaired) electrons. The Bertz CT molecular complexity index is 673. The lowest BCUT2D eigenvalue weighted by Gasteiger charge is -2.08. The number of nitrogens with zero attached hydrogens (tertiary/aromatic N) is 2. The van der Waals surface area contributed by atoms with Gasteiger partial charge < -0.3 is 5.32 Å². The van der Waals surface area contributed by atoms with Crippen molar-refractivity contribution in [3.63, 3.8) is 0 Å². The lowest BCUT2D eigenvalue weighted by atomic mass is 10.3. The number of hydrogen-bond acceptors (Lipinski definition) is 5. The molecule has 19 heavy (non-hydrogen) atoms. The maximum absolute atomic E-state index is 12.4. The molecule has 2 heterocycles. The predicted octanol–water partition coefficient (Wildman–Crippen LogP) is 1.31. The van der Waals surface area contributed by atoms with E-state index in [1.165, 1.54) is 17.5 Å². The molecule has 8 heteroatoms. The number of aryl methyl sites for hydroxylation is 2. The summed E-state index contributed by atoms with van der Waals surface area (Å²) >= 11 is 1.44. The third kappa shape index (κ3) is 2.96. The van der Waals surface area contributed by atoms with E-state index in [4.69, 9.17) is 0 Å². The maximum Gasteiger partial charge on any atom is 0.263 e. The van der Waals surface area contributed by atoms with Crippen LogP contribution >= 0.6 is 11.3 Å². The van der Waals surface area contributed by atoms with Crippen LogP contribution in [-0.2, 0) is 23.6 Å². The first-order valence-corrected chi connectivity index (χ1v) is 8.03. The summed E-state index contributed by atoms with van der Waals surface area (Å²) in [6.07, 6.45) is 3.11. The molecular weight excluding hydrogens is 284 g/mol. The van der Waals surface area contributed by atoms with E-state index < -0.39 is 10.0 Å². The highest BCUT2D eigenvalue weighted by Crippen LogP contribution is 2.28. The molecular formula is C11H16N4O2S2. The molecule has 0 aliphatic rings. The fourth-order valence-electron chi connectivity index (χ4n) is 1.81. The van der Waals surface area contributed by atoms with Crippen LogP contribution in [0.5, 0.6) is 0 Å². The molecule has 0 aliphatic heterocycles. The van der Waals surface area contributed by atoms with Crippen LogP contribution in [0.15, 0.2) is 22.7 Å². The van der Waals surface area contributed by atoms with Gasteiger partial charge in [0.25, 0.3) is 10.0 Å². The van der Waals surface area contributed by atoms with E-state index in [0.717, 1.165) is 10.4 Å². The monoisotopic (exact) mass is 300 g/mol. The highest BCUT2D eigenvalue weighted by molar-refractivity contribution is 7.93. The average Bonchev–Trinajstić information content (AvgIpc) is 2.86. The highest BCUT2D eigenvalue weighted by Gasteiger charge is 2.23. The second-order valence-corrected chi connectivity index (χ2v) is 6.79. The molecule has 2 aromatic rings. The summed E-state index contributed by atoms with van der Waals surface area (Å²) in [5, 5.41) is 8.77. The second kappa shape index (κ2) is 5.32. The zero-order chi connectivity index (χ0) is 14.0. The van der Waals surface area contributed by atoms with E-state index in [1.54, 1.807) is 31.9 Å². The standard InChI is InChI=1S/C11H16N4O2S2/c1-8-7-18-10(5-12-2)11(8)19(16,17)14-9-4-13-15(3)6-9/h4,6-7,12,14H,5H2,1-3H3. The molecule has 6 nitrogen and oxygen atoms in total. The van der Waals surface area contributed by atoms with E-state index >= 15 is 0 Å².